The molecule has 1 heterocycles. The Hall–Kier alpha value is -0.190. The van der Waals surface area contributed by atoms with Crippen LogP contribution in [0.4, 0.5) is 0 Å². The van der Waals surface area contributed by atoms with E-state index >= 15 is 0 Å². The highest BCUT2D eigenvalue weighted by Crippen LogP contribution is 2.41. The Morgan fingerprint density at radius 2 is 2.30 bits per heavy atom. The van der Waals surface area contributed by atoms with Crippen molar-refractivity contribution in [2.24, 2.45) is 0 Å². The number of fused-ring (bicyclic) bond motifs is 1. The fraction of sp³-hybridized carbons (Fsp3) is 0.533. The molecule has 5 heteroatoms. The third kappa shape index (κ3) is 2.62. The van der Waals surface area contributed by atoms with Gasteiger partial charge in [0.1, 0.15) is 5.82 Å². The molecule has 2 nitrogen and oxygen atoms in total. The Labute approximate surface area is 137 Å². The van der Waals surface area contributed by atoms with Crippen LogP contribution >= 0.6 is 39.3 Å². The van der Waals surface area contributed by atoms with Crippen LogP contribution in [-0.2, 0) is 5.88 Å². The van der Waals surface area contributed by atoms with Crippen LogP contribution in [0.1, 0.15) is 38.1 Å². The fourth-order valence-electron chi connectivity index (χ4n) is 3.20. The fourth-order valence-corrected chi connectivity index (χ4v) is 4.98. The number of nitrogens with zero attached hydrogens (tertiary/aromatic N) is 2. The first kappa shape index (κ1) is 14.7. The summed E-state index contributed by atoms with van der Waals surface area (Å²) in [6.07, 6.45) is 3.85. The van der Waals surface area contributed by atoms with Gasteiger partial charge < -0.3 is 4.57 Å². The highest BCUT2D eigenvalue weighted by Gasteiger charge is 2.31. The first-order valence-electron chi connectivity index (χ1n) is 7.08. The molecular formula is C15H18BrClN2S. The van der Waals surface area contributed by atoms with Crippen LogP contribution in [-0.4, -0.2) is 20.6 Å². The van der Waals surface area contributed by atoms with Crippen molar-refractivity contribution in [3.8, 4) is 0 Å². The van der Waals surface area contributed by atoms with Crippen LogP contribution < -0.4 is 0 Å². The highest BCUT2D eigenvalue weighted by molar-refractivity contribution is 9.10. The molecule has 1 aliphatic carbocycles. The Kier molecular flexibility index (Phi) is 4.63. The molecule has 0 aliphatic heterocycles. The molecule has 0 N–H and O–H groups in total. The summed E-state index contributed by atoms with van der Waals surface area (Å²) in [6, 6.07) is 6.88. The van der Waals surface area contributed by atoms with Gasteiger partial charge in [-0.15, -0.1) is 11.6 Å². The Morgan fingerprint density at radius 3 is 3.05 bits per heavy atom. The predicted molar refractivity (Wildman–Crippen MR) is 91.8 cm³/mol. The van der Waals surface area contributed by atoms with E-state index in [4.69, 9.17) is 16.6 Å². The lowest BCUT2D eigenvalue weighted by atomic mass is 10.2. The maximum Gasteiger partial charge on any atom is 0.125 e. The first-order chi connectivity index (χ1) is 9.74. The van der Waals surface area contributed by atoms with Gasteiger partial charge in [-0.2, -0.15) is 11.8 Å². The van der Waals surface area contributed by atoms with Crippen molar-refractivity contribution in [2.45, 2.75) is 43.4 Å². The largest absolute Gasteiger partial charge is 0.323 e. The number of rotatable bonds is 4. The summed E-state index contributed by atoms with van der Waals surface area (Å²) in [5.74, 6) is 2.66. The number of halogens is 2. The molecule has 0 amide bonds. The molecule has 0 radical (unpaired) electrons. The Morgan fingerprint density at radius 1 is 1.45 bits per heavy atom. The van der Waals surface area contributed by atoms with Gasteiger partial charge in [-0.25, -0.2) is 4.98 Å². The van der Waals surface area contributed by atoms with Gasteiger partial charge >= 0.3 is 0 Å². The van der Waals surface area contributed by atoms with Gasteiger partial charge in [0.15, 0.2) is 0 Å². The molecule has 2 unspecified atom stereocenters. The van der Waals surface area contributed by atoms with E-state index < -0.39 is 0 Å². The van der Waals surface area contributed by atoms with Crippen molar-refractivity contribution >= 4 is 50.3 Å². The van der Waals surface area contributed by atoms with Gasteiger partial charge in [0.2, 0.25) is 0 Å². The van der Waals surface area contributed by atoms with Crippen LogP contribution in [0.3, 0.4) is 0 Å². The number of imidazole rings is 1. The molecule has 1 fully saturated rings. The lowest BCUT2D eigenvalue weighted by molar-refractivity contribution is 0.527. The average molecular weight is 374 g/mol. The number of alkyl halides is 1. The summed E-state index contributed by atoms with van der Waals surface area (Å²) in [4.78, 5) is 4.72. The molecule has 0 spiro atoms. The quantitative estimate of drug-likeness (QED) is 0.669. The van der Waals surface area contributed by atoms with E-state index in [2.05, 4.69) is 57.4 Å². The Bertz CT molecular complexity index is 613. The molecule has 1 aromatic carbocycles. The summed E-state index contributed by atoms with van der Waals surface area (Å²) in [5, 5.41) is 0.697. The number of thioether (sulfide) groups is 1. The summed E-state index contributed by atoms with van der Waals surface area (Å²) in [6.45, 7) is 2.24. The van der Waals surface area contributed by atoms with E-state index in [-0.39, 0.29) is 0 Å². The zero-order chi connectivity index (χ0) is 14.1. The maximum atomic E-state index is 6.14. The van der Waals surface area contributed by atoms with Crippen molar-refractivity contribution < 1.29 is 0 Å². The standard InChI is InChI=1S/C15H18BrClN2S/c1-2-20-14-5-3-4-13(14)19-12-7-6-10(16)8-11(12)18-15(19)9-17/h6-8,13-14H,2-5,9H2,1H3. The zero-order valence-corrected chi connectivity index (χ0v) is 14.6. The van der Waals surface area contributed by atoms with Crippen molar-refractivity contribution in [2.75, 3.05) is 5.75 Å². The molecule has 108 valence electrons. The van der Waals surface area contributed by atoms with E-state index in [0.717, 1.165) is 15.8 Å². The molecular weight excluding hydrogens is 356 g/mol. The zero-order valence-electron chi connectivity index (χ0n) is 11.5. The third-order valence-electron chi connectivity index (χ3n) is 3.97. The molecule has 1 aliphatic rings. The maximum absolute atomic E-state index is 6.14. The summed E-state index contributed by atoms with van der Waals surface area (Å²) in [7, 11) is 0. The van der Waals surface area contributed by atoms with Crippen molar-refractivity contribution in [1.82, 2.24) is 9.55 Å². The van der Waals surface area contributed by atoms with Gasteiger partial charge in [0.05, 0.1) is 16.9 Å². The molecule has 1 saturated carbocycles. The van der Waals surface area contributed by atoms with Gasteiger partial charge in [-0.1, -0.05) is 29.3 Å². The van der Waals surface area contributed by atoms with Gasteiger partial charge in [-0.3, -0.25) is 0 Å². The molecule has 20 heavy (non-hydrogen) atoms. The van der Waals surface area contributed by atoms with Crippen LogP contribution in [0.15, 0.2) is 22.7 Å². The average Bonchev–Trinajstić information content (AvgIpc) is 3.01. The number of aromatic nitrogens is 2. The second-order valence-electron chi connectivity index (χ2n) is 5.16. The minimum Gasteiger partial charge on any atom is -0.323 e. The first-order valence-corrected chi connectivity index (χ1v) is 9.46. The molecule has 3 rings (SSSR count). The van der Waals surface area contributed by atoms with Crippen molar-refractivity contribution in [3.63, 3.8) is 0 Å². The monoisotopic (exact) mass is 372 g/mol. The summed E-state index contributed by atoms with van der Waals surface area (Å²) < 4.78 is 3.47. The van der Waals surface area contributed by atoms with Gasteiger partial charge in [0.25, 0.3) is 0 Å². The second-order valence-corrected chi connectivity index (χ2v) is 7.86. The number of hydrogen-bond acceptors (Lipinski definition) is 2. The van der Waals surface area contributed by atoms with Crippen LogP contribution in [0.2, 0.25) is 0 Å². The highest BCUT2D eigenvalue weighted by atomic mass is 79.9. The summed E-state index contributed by atoms with van der Waals surface area (Å²) >= 11 is 11.7. The van der Waals surface area contributed by atoms with Crippen molar-refractivity contribution in [1.29, 1.82) is 0 Å². The summed E-state index contributed by atoms with van der Waals surface area (Å²) in [5.41, 5.74) is 2.26. The number of benzene rings is 1. The predicted octanol–water partition coefficient (Wildman–Crippen LogP) is 5.38. The smallest absolute Gasteiger partial charge is 0.125 e. The topological polar surface area (TPSA) is 17.8 Å². The Balaban J connectivity index is 2.09. The van der Waals surface area contributed by atoms with Crippen LogP contribution in [0, 0.1) is 0 Å². The lowest BCUT2D eigenvalue weighted by Gasteiger charge is -2.22. The third-order valence-corrected chi connectivity index (χ3v) is 6.02. The van der Waals surface area contributed by atoms with Gasteiger partial charge in [0, 0.05) is 15.8 Å². The molecule has 0 bridgehead atoms. The van der Waals surface area contributed by atoms with E-state index in [1.807, 2.05) is 0 Å². The second kappa shape index (κ2) is 6.29. The van der Waals surface area contributed by atoms with E-state index in [1.54, 1.807) is 0 Å². The van der Waals surface area contributed by atoms with E-state index in [9.17, 15) is 0 Å². The SMILES string of the molecule is CCSC1CCCC1n1c(CCl)nc2cc(Br)ccc21. The lowest BCUT2D eigenvalue weighted by Crippen LogP contribution is -2.18. The minimum atomic E-state index is 0.478. The van der Waals surface area contributed by atoms with E-state index in [1.165, 1.54) is 30.5 Å². The van der Waals surface area contributed by atoms with Crippen LogP contribution in [0.5, 0.6) is 0 Å². The number of hydrogen-bond donors (Lipinski definition) is 0. The molecule has 2 aromatic rings. The normalized spacial score (nSPS) is 22.8. The molecule has 1 aromatic heterocycles. The van der Waals surface area contributed by atoms with Crippen molar-refractivity contribution in [3.05, 3.63) is 28.5 Å². The molecule has 2 atom stereocenters. The minimum absolute atomic E-state index is 0.478. The van der Waals surface area contributed by atoms with E-state index in [0.29, 0.717) is 17.2 Å². The van der Waals surface area contributed by atoms with Gasteiger partial charge in [-0.05, 0) is 36.8 Å². The molecule has 0 saturated heterocycles. The van der Waals surface area contributed by atoms with Crippen LogP contribution in [0.25, 0.3) is 11.0 Å².